The topological polar surface area (TPSA) is 78.6 Å². The average Bonchev–Trinajstić information content (AvgIpc) is 3.37. The van der Waals surface area contributed by atoms with E-state index in [0.29, 0.717) is 18.2 Å². The summed E-state index contributed by atoms with van der Waals surface area (Å²) in [5.74, 6) is 0.486. The zero-order chi connectivity index (χ0) is 19.7. The lowest BCUT2D eigenvalue weighted by Crippen LogP contribution is -2.29. The van der Waals surface area contributed by atoms with Gasteiger partial charge in [0.1, 0.15) is 5.75 Å². The summed E-state index contributed by atoms with van der Waals surface area (Å²) in [4.78, 5) is 0.252. The zero-order valence-electron chi connectivity index (χ0n) is 15.4. The Kier molecular flexibility index (Phi) is 5.82. The second kappa shape index (κ2) is 7.80. The SMILES string of the molecule is CCOCC1(CN)C(c2ccc(OC)cc2)C1S(=O)(=O)c1ccc(Cl)cc1. The van der Waals surface area contributed by atoms with Crippen LogP contribution in [0.15, 0.2) is 53.4 Å². The summed E-state index contributed by atoms with van der Waals surface area (Å²) in [6.45, 7) is 2.91. The lowest BCUT2D eigenvalue weighted by atomic mass is 10.00. The van der Waals surface area contributed by atoms with E-state index in [9.17, 15) is 8.42 Å². The van der Waals surface area contributed by atoms with E-state index in [-0.39, 0.29) is 17.4 Å². The number of sulfone groups is 1. The molecule has 27 heavy (non-hydrogen) atoms. The van der Waals surface area contributed by atoms with Crippen molar-refractivity contribution in [3.8, 4) is 5.75 Å². The van der Waals surface area contributed by atoms with Crippen molar-refractivity contribution in [2.24, 2.45) is 11.1 Å². The third-order valence-electron chi connectivity index (χ3n) is 5.29. The first-order valence-electron chi connectivity index (χ1n) is 8.82. The molecule has 1 aliphatic rings. The maximum atomic E-state index is 13.4. The van der Waals surface area contributed by atoms with Crippen molar-refractivity contribution in [1.82, 2.24) is 0 Å². The van der Waals surface area contributed by atoms with E-state index in [1.807, 2.05) is 31.2 Å². The van der Waals surface area contributed by atoms with Gasteiger partial charge >= 0.3 is 0 Å². The van der Waals surface area contributed by atoms with Gasteiger partial charge in [-0.3, -0.25) is 0 Å². The molecule has 2 N–H and O–H groups in total. The molecule has 5 nitrogen and oxygen atoms in total. The van der Waals surface area contributed by atoms with E-state index in [1.54, 1.807) is 31.4 Å². The molecule has 0 aliphatic heterocycles. The Hall–Kier alpha value is -1.60. The fraction of sp³-hybridized carbons (Fsp3) is 0.400. The van der Waals surface area contributed by atoms with E-state index in [2.05, 4.69) is 0 Å². The summed E-state index contributed by atoms with van der Waals surface area (Å²) in [6, 6.07) is 13.7. The van der Waals surface area contributed by atoms with Gasteiger partial charge in [-0.2, -0.15) is 0 Å². The van der Waals surface area contributed by atoms with Gasteiger partial charge in [-0.15, -0.1) is 0 Å². The summed E-state index contributed by atoms with van der Waals surface area (Å²) >= 11 is 5.92. The first-order valence-corrected chi connectivity index (χ1v) is 10.7. The van der Waals surface area contributed by atoms with Crippen LogP contribution in [0.1, 0.15) is 18.4 Å². The second-order valence-corrected chi connectivity index (χ2v) is 9.25. The normalized spacial score (nSPS) is 24.6. The second-order valence-electron chi connectivity index (χ2n) is 6.74. The van der Waals surface area contributed by atoms with Crippen LogP contribution < -0.4 is 10.5 Å². The first-order chi connectivity index (χ1) is 12.9. The smallest absolute Gasteiger partial charge is 0.182 e. The van der Waals surface area contributed by atoms with Crippen LogP contribution in [0.25, 0.3) is 0 Å². The largest absolute Gasteiger partial charge is 0.497 e. The molecule has 1 saturated carbocycles. The number of hydrogen-bond donors (Lipinski definition) is 1. The maximum Gasteiger partial charge on any atom is 0.182 e. The van der Waals surface area contributed by atoms with Gasteiger partial charge in [0.05, 0.1) is 23.9 Å². The Morgan fingerprint density at radius 3 is 2.26 bits per heavy atom. The summed E-state index contributed by atoms with van der Waals surface area (Å²) in [6.07, 6.45) is 0. The van der Waals surface area contributed by atoms with Crippen molar-refractivity contribution in [1.29, 1.82) is 0 Å². The summed E-state index contributed by atoms with van der Waals surface area (Å²) in [5, 5.41) is -0.146. The number of rotatable bonds is 8. The van der Waals surface area contributed by atoms with Crippen LogP contribution in [0.5, 0.6) is 5.75 Å². The van der Waals surface area contributed by atoms with Crippen molar-refractivity contribution in [2.75, 3.05) is 26.9 Å². The Morgan fingerprint density at radius 2 is 1.74 bits per heavy atom. The van der Waals surface area contributed by atoms with Crippen molar-refractivity contribution in [3.05, 3.63) is 59.1 Å². The molecule has 146 valence electrons. The van der Waals surface area contributed by atoms with Gasteiger partial charge in [0.25, 0.3) is 0 Å². The number of methoxy groups -OCH3 is 1. The Bertz CT molecular complexity index is 883. The van der Waals surface area contributed by atoms with E-state index >= 15 is 0 Å². The molecule has 1 aliphatic carbocycles. The standard InChI is InChI=1S/C20H24ClNO4S/c1-3-26-13-20(12-22)18(14-4-8-16(25-2)9-5-14)19(20)27(23,24)17-10-6-15(21)7-11-17/h4-11,18-19H,3,12-13,22H2,1-2H3. The molecule has 0 bridgehead atoms. The third-order valence-corrected chi connectivity index (χ3v) is 7.88. The number of halogens is 1. The van der Waals surface area contributed by atoms with Gasteiger partial charge < -0.3 is 15.2 Å². The number of hydrogen-bond acceptors (Lipinski definition) is 5. The fourth-order valence-electron chi connectivity index (χ4n) is 3.80. The van der Waals surface area contributed by atoms with Crippen LogP contribution >= 0.6 is 11.6 Å². The molecule has 7 heteroatoms. The molecule has 3 atom stereocenters. The van der Waals surface area contributed by atoms with Gasteiger partial charge in [-0.05, 0) is 48.9 Å². The van der Waals surface area contributed by atoms with Gasteiger partial charge in [0, 0.05) is 29.5 Å². The molecule has 0 radical (unpaired) electrons. The van der Waals surface area contributed by atoms with E-state index < -0.39 is 20.5 Å². The third kappa shape index (κ3) is 3.59. The molecule has 2 aromatic carbocycles. The Morgan fingerprint density at radius 1 is 1.11 bits per heavy atom. The minimum atomic E-state index is -3.60. The fourth-order valence-corrected chi connectivity index (χ4v) is 6.37. The molecule has 0 amide bonds. The molecule has 0 aromatic heterocycles. The van der Waals surface area contributed by atoms with Crippen LogP contribution in [0.4, 0.5) is 0 Å². The highest BCUT2D eigenvalue weighted by Crippen LogP contribution is 2.63. The molecule has 0 saturated heterocycles. The highest BCUT2D eigenvalue weighted by molar-refractivity contribution is 7.92. The molecule has 3 unspecified atom stereocenters. The summed E-state index contributed by atoms with van der Waals surface area (Å²) in [5.41, 5.74) is 6.36. The predicted octanol–water partition coefficient (Wildman–Crippen LogP) is 3.27. The van der Waals surface area contributed by atoms with Crippen LogP contribution in [0, 0.1) is 5.41 Å². The van der Waals surface area contributed by atoms with Crippen molar-refractivity contribution < 1.29 is 17.9 Å². The predicted molar refractivity (Wildman–Crippen MR) is 106 cm³/mol. The molecule has 1 fully saturated rings. The van der Waals surface area contributed by atoms with Crippen LogP contribution in [-0.4, -0.2) is 40.5 Å². The first kappa shape index (κ1) is 20.1. The van der Waals surface area contributed by atoms with Crippen molar-refractivity contribution >= 4 is 21.4 Å². The van der Waals surface area contributed by atoms with Crippen LogP contribution in [0.2, 0.25) is 5.02 Å². The lowest BCUT2D eigenvalue weighted by molar-refractivity contribution is 0.101. The van der Waals surface area contributed by atoms with Crippen molar-refractivity contribution in [2.45, 2.75) is 23.0 Å². The van der Waals surface area contributed by atoms with Gasteiger partial charge in [0.15, 0.2) is 9.84 Å². The molecular weight excluding hydrogens is 386 g/mol. The summed E-state index contributed by atoms with van der Waals surface area (Å²) < 4.78 is 37.6. The number of ether oxygens (including phenoxy) is 2. The van der Waals surface area contributed by atoms with Gasteiger partial charge in [0.2, 0.25) is 0 Å². The number of benzene rings is 2. The van der Waals surface area contributed by atoms with E-state index in [0.717, 1.165) is 11.3 Å². The zero-order valence-corrected chi connectivity index (χ0v) is 17.0. The molecular formula is C20H24ClNO4S. The van der Waals surface area contributed by atoms with Crippen LogP contribution in [0.3, 0.4) is 0 Å². The Balaban J connectivity index is 2.02. The molecule has 2 aromatic rings. The van der Waals surface area contributed by atoms with E-state index in [4.69, 9.17) is 26.8 Å². The minimum absolute atomic E-state index is 0.223. The van der Waals surface area contributed by atoms with Gasteiger partial charge in [-0.25, -0.2) is 8.42 Å². The minimum Gasteiger partial charge on any atom is -0.497 e. The molecule has 0 spiro atoms. The number of nitrogens with two attached hydrogens (primary N) is 1. The maximum absolute atomic E-state index is 13.4. The van der Waals surface area contributed by atoms with Crippen LogP contribution in [-0.2, 0) is 14.6 Å². The quantitative estimate of drug-likeness (QED) is 0.723. The van der Waals surface area contributed by atoms with Gasteiger partial charge in [-0.1, -0.05) is 23.7 Å². The average molecular weight is 410 g/mol. The van der Waals surface area contributed by atoms with Crippen molar-refractivity contribution in [3.63, 3.8) is 0 Å². The van der Waals surface area contributed by atoms with E-state index in [1.165, 1.54) is 0 Å². The monoisotopic (exact) mass is 409 g/mol. The summed E-state index contributed by atoms with van der Waals surface area (Å²) in [7, 11) is -2.00. The highest BCUT2D eigenvalue weighted by Gasteiger charge is 2.70. The highest BCUT2D eigenvalue weighted by atomic mass is 35.5. The lowest BCUT2D eigenvalue weighted by Gasteiger charge is -2.16. The molecule has 3 rings (SSSR count). The molecule has 0 heterocycles. The Labute approximate surface area is 165 Å².